The summed E-state index contributed by atoms with van der Waals surface area (Å²) in [6.45, 7) is 9.88. The summed E-state index contributed by atoms with van der Waals surface area (Å²) in [7, 11) is 0. The van der Waals surface area contributed by atoms with Gasteiger partial charge in [0.2, 0.25) is 0 Å². The lowest BCUT2D eigenvalue weighted by atomic mass is 9.98. The van der Waals surface area contributed by atoms with Crippen LogP contribution in [-0.4, -0.2) is 46.8 Å². The summed E-state index contributed by atoms with van der Waals surface area (Å²) in [5, 5.41) is 0. The van der Waals surface area contributed by atoms with Crippen molar-refractivity contribution >= 4 is 17.8 Å². The summed E-state index contributed by atoms with van der Waals surface area (Å²) in [6, 6.07) is 4.92. The number of carbonyl (C=O) groups excluding carboxylic acids is 3. The molecule has 0 aliphatic carbocycles. The molecule has 0 saturated carbocycles. The minimum Gasteiger partial charge on any atom is -0.492 e. The zero-order chi connectivity index (χ0) is 18.0. The number of benzene rings is 1. The van der Waals surface area contributed by atoms with E-state index < -0.39 is 17.8 Å². The van der Waals surface area contributed by atoms with E-state index in [-0.39, 0.29) is 19.2 Å². The monoisotopic (exact) mass is 332 g/mol. The predicted molar refractivity (Wildman–Crippen MR) is 89.9 cm³/mol. The van der Waals surface area contributed by atoms with Gasteiger partial charge in [-0.1, -0.05) is 19.9 Å². The Morgan fingerprint density at radius 1 is 1.04 bits per heavy atom. The highest BCUT2D eigenvalue weighted by molar-refractivity contribution is 6.44. The summed E-state index contributed by atoms with van der Waals surface area (Å²) in [6.07, 6.45) is 0. The molecule has 0 atom stereocenters. The van der Waals surface area contributed by atoms with Crippen molar-refractivity contribution in [2.75, 3.05) is 13.2 Å². The average Bonchev–Trinajstić information content (AvgIpc) is 2.70. The molecule has 6 heteroatoms. The first kappa shape index (κ1) is 18.0. The molecule has 1 fully saturated rings. The lowest BCUT2D eigenvalue weighted by molar-refractivity contribution is -0.143. The fourth-order valence-corrected chi connectivity index (χ4v) is 2.82. The molecule has 1 aromatic carbocycles. The van der Waals surface area contributed by atoms with E-state index in [9.17, 15) is 14.4 Å². The number of hydrogen-bond donors (Lipinski definition) is 0. The zero-order valence-electron chi connectivity index (χ0n) is 14.8. The van der Waals surface area contributed by atoms with E-state index in [0.717, 1.165) is 15.4 Å². The highest BCUT2D eigenvalue weighted by Crippen LogP contribution is 2.23. The number of carbonyl (C=O) groups is 3. The van der Waals surface area contributed by atoms with Crippen LogP contribution in [0.4, 0.5) is 4.79 Å². The van der Waals surface area contributed by atoms with Crippen LogP contribution < -0.4 is 4.74 Å². The van der Waals surface area contributed by atoms with Gasteiger partial charge in [-0.05, 0) is 49.9 Å². The van der Waals surface area contributed by atoms with Crippen LogP contribution in [0.1, 0.15) is 44.7 Å². The Hall–Kier alpha value is -2.37. The number of ether oxygens (including phenoxy) is 1. The summed E-state index contributed by atoms with van der Waals surface area (Å²) < 4.78 is 5.64. The molecule has 2 rings (SSSR count). The first-order valence-corrected chi connectivity index (χ1v) is 8.16. The maximum atomic E-state index is 12.1. The van der Waals surface area contributed by atoms with Gasteiger partial charge < -0.3 is 4.74 Å². The molecule has 1 aromatic rings. The molecule has 0 bridgehead atoms. The number of urea groups is 1. The third kappa shape index (κ3) is 3.42. The maximum absolute atomic E-state index is 12.1. The molecule has 0 spiro atoms. The van der Waals surface area contributed by atoms with Crippen molar-refractivity contribution in [3.63, 3.8) is 0 Å². The number of aryl methyl sites for hydroxylation is 1. The molecule has 0 N–H and O–H groups in total. The van der Waals surface area contributed by atoms with Crippen molar-refractivity contribution in [3.8, 4) is 5.75 Å². The van der Waals surface area contributed by atoms with E-state index >= 15 is 0 Å². The van der Waals surface area contributed by atoms with E-state index in [4.69, 9.17) is 4.74 Å². The van der Waals surface area contributed by atoms with Crippen molar-refractivity contribution < 1.29 is 19.1 Å². The molecule has 0 unspecified atom stereocenters. The van der Waals surface area contributed by atoms with Gasteiger partial charge in [0, 0.05) is 6.04 Å². The van der Waals surface area contributed by atoms with Gasteiger partial charge in [-0.15, -0.1) is 0 Å². The van der Waals surface area contributed by atoms with Crippen molar-refractivity contribution in [1.82, 2.24) is 9.80 Å². The third-order valence-electron chi connectivity index (χ3n) is 4.05. The van der Waals surface area contributed by atoms with Crippen LogP contribution in [0.3, 0.4) is 0 Å². The Morgan fingerprint density at radius 3 is 2.21 bits per heavy atom. The smallest absolute Gasteiger partial charge is 0.334 e. The Kier molecular flexibility index (Phi) is 5.26. The number of hydrogen-bond acceptors (Lipinski definition) is 4. The molecule has 1 saturated heterocycles. The molecular weight excluding hydrogens is 308 g/mol. The Labute approximate surface area is 142 Å². The van der Waals surface area contributed by atoms with Gasteiger partial charge in [0.25, 0.3) is 0 Å². The van der Waals surface area contributed by atoms with Crippen LogP contribution >= 0.6 is 0 Å². The summed E-state index contributed by atoms with van der Waals surface area (Å²) in [5.74, 6) is -0.439. The molecule has 24 heavy (non-hydrogen) atoms. The summed E-state index contributed by atoms with van der Waals surface area (Å²) in [4.78, 5) is 37.8. The van der Waals surface area contributed by atoms with Crippen LogP contribution in [0.5, 0.6) is 5.75 Å². The molecule has 1 aliphatic heterocycles. The van der Waals surface area contributed by atoms with E-state index in [1.54, 1.807) is 13.8 Å². The zero-order valence-corrected chi connectivity index (χ0v) is 14.8. The second-order valence-electron chi connectivity index (χ2n) is 6.53. The first-order chi connectivity index (χ1) is 11.2. The standard InChI is InChI=1S/C18H24N2O4/c1-11(2)15-7-6-14(10-13(15)5)24-9-8-19-16(21)17(22)20(12(3)4)18(19)23/h6-7,10-12H,8-9H2,1-5H3. The minimum absolute atomic E-state index is 0.0532. The van der Waals surface area contributed by atoms with E-state index in [2.05, 4.69) is 13.8 Å². The lowest BCUT2D eigenvalue weighted by Gasteiger charge is -2.18. The fourth-order valence-electron chi connectivity index (χ4n) is 2.82. The van der Waals surface area contributed by atoms with Crippen molar-refractivity contribution in [1.29, 1.82) is 0 Å². The van der Waals surface area contributed by atoms with Crippen molar-refractivity contribution in [2.45, 2.75) is 46.6 Å². The Balaban J connectivity index is 1.97. The quantitative estimate of drug-likeness (QED) is 0.593. The van der Waals surface area contributed by atoms with Crippen LogP contribution in [0.2, 0.25) is 0 Å². The van der Waals surface area contributed by atoms with Crippen LogP contribution in [0.25, 0.3) is 0 Å². The van der Waals surface area contributed by atoms with Gasteiger partial charge in [0.15, 0.2) is 0 Å². The van der Waals surface area contributed by atoms with Gasteiger partial charge in [0.05, 0.1) is 6.54 Å². The maximum Gasteiger partial charge on any atom is 0.334 e. The number of amides is 4. The van der Waals surface area contributed by atoms with Gasteiger partial charge in [0.1, 0.15) is 12.4 Å². The molecule has 130 valence electrons. The van der Waals surface area contributed by atoms with Crippen molar-refractivity contribution in [2.24, 2.45) is 0 Å². The fraction of sp³-hybridized carbons (Fsp3) is 0.500. The number of rotatable bonds is 6. The van der Waals surface area contributed by atoms with Gasteiger partial charge in [-0.3, -0.25) is 19.4 Å². The number of nitrogens with zero attached hydrogens (tertiary/aromatic N) is 2. The molecule has 0 aromatic heterocycles. The van der Waals surface area contributed by atoms with Gasteiger partial charge in [-0.2, -0.15) is 0 Å². The van der Waals surface area contributed by atoms with Crippen LogP contribution in [-0.2, 0) is 9.59 Å². The lowest BCUT2D eigenvalue weighted by Crippen LogP contribution is -2.39. The molecule has 4 amide bonds. The predicted octanol–water partition coefficient (Wildman–Crippen LogP) is 2.70. The topological polar surface area (TPSA) is 66.9 Å². The van der Waals surface area contributed by atoms with Crippen LogP contribution in [0.15, 0.2) is 18.2 Å². The largest absolute Gasteiger partial charge is 0.492 e. The van der Waals surface area contributed by atoms with E-state index in [1.807, 2.05) is 25.1 Å². The summed E-state index contributed by atoms with van der Waals surface area (Å²) >= 11 is 0. The third-order valence-corrected chi connectivity index (χ3v) is 4.05. The summed E-state index contributed by atoms with van der Waals surface area (Å²) in [5.41, 5.74) is 2.39. The Morgan fingerprint density at radius 2 is 1.71 bits per heavy atom. The van der Waals surface area contributed by atoms with Gasteiger partial charge in [-0.25, -0.2) is 4.79 Å². The van der Waals surface area contributed by atoms with Crippen molar-refractivity contribution in [3.05, 3.63) is 29.3 Å². The SMILES string of the molecule is Cc1cc(OCCN2C(=O)C(=O)N(C(C)C)C2=O)ccc1C(C)C. The molecule has 6 nitrogen and oxygen atoms in total. The average molecular weight is 332 g/mol. The molecule has 1 heterocycles. The Bertz CT molecular complexity index is 667. The van der Waals surface area contributed by atoms with Gasteiger partial charge >= 0.3 is 17.8 Å². The molecular formula is C18H24N2O4. The first-order valence-electron chi connectivity index (χ1n) is 8.16. The minimum atomic E-state index is -0.788. The van der Waals surface area contributed by atoms with Crippen LogP contribution in [0, 0.1) is 6.92 Å². The molecule has 0 radical (unpaired) electrons. The van der Waals surface area contributed by atoms with E-state index in [1.165, 1.54) is 5.56 Å². The normalized spacial score (nSPS) is 15.2. The number of imide groups is 2. The second kappa shape index (κ2) is 7.03. The highest BCUT2D eigenvalue weighted by Gasteiger charge is 2.45. The highest BCUT2D eigenvalue weighted by atomic mass is 16.5. The van der Waals surface area contributed by atoms with E-state index in [0.29, 0.717) is 11.7 Å². The molecule has 1 aliphatic rings. The second-order valence-corrected chi connectivity index (χ2v) is 6.53.